The summed E-state index contributed by atoms with van der Waals surface area (Å²) in [5.74, 6) is 0.972. The van der Waals surface area contributed by atoms with Crippen LogP contribution >= 0.6 is 23.1 Å². The minimum absolute atomic E-state index is 0.515. The molecule has 0 spiro atoms. The van der Waals surface area contributed by atoms with Crippen LogP contribution < -0.4 is 4.90 Å². The average Bonchev–Trinajstić information content (AvgIpc) is 3.18. The first kappa shape index (κ1) is 14.6. The van der Waals surface area contributed by atoms with E-state index in [0.717, 1.165) is 52.7 Å². The summed E-state index contributed by atoms with van der Waals surface area (Å²) in [4.78, 5) is 11.1. The summed E-state index contributed by atoms with van der Waals surface area (Å²) in [5, 5.41) is 12.9. The Morgan fingerprint density at radius 1 is 1.17 bits per heavy atom. The van der Waals surface area contributed by atoms with Gasteiger partial charge in [-0.1, -0.05) is 0 Å². The van der Waals surface area contributed by atoms with Crippen LogP contribution in [0.4, 0.5) is 5.95 Å². The van der Waals surface area contributed by atoms with E-state index in [9.17, 15) is 0 Å². The van der Waals surface area contributed by atoms with Crippen molar-refractivity contribution in [3.63, 3.8) is 0 Å². The predicted octanol–water partition coefficient (Wildman–Crippen LogP) is 2.61. The Bertz CT molecular complexity index is 868. The molecule has 0 bridgehead atoms. The monoisotopic (exact) mass is 360 g/mol. The topological polar surface area (TPSA) is 69.0 Å². The Labute approximate surface area is 147 Å². The van der Waals surface area contributed by atoms with Crippen molar-refractivity contribution in [2.24, 2.45) is 0 Å². The largest absolute Gasteiger partial charge is 0.378 e. The zero-order valence-electron chi connectivity index (χ0n) is 13.0. The Morgan fingerprint density at radius 3 is 2.88 bits per heavy atom. The van der Waals surface area contributed by atoms with Gasteiger partial charge < -0.3 is 9.64 Å². The van der Waals surface area contributed by atoms with Gasteiger partial charge in [0.15, 0.2) is 5.16 Å². The van der Waals surface area contributed by atoms with Crippen molar-refractivity contribution < 1.29 is 4.74 Å². The van der Waals surface area contributed by atoms with Gasteiger partial charge in [-0.05, 0) is 36.0 Å². The van der Waals surface area contributed by atoms with Gasteiger partial charge in [-0.15, -0.1) is 21.5 Å². The van der Waals surface area contributed by atoms with E-state index in [0.29, 0.717) is 6.04 Å². The van der Waals surface area contributed by atoms with Crippen LogP contribution in [0.25, 0.3) is 10.2 Å². The Hall–Kier alpha value is -1.71. The summed E-state index contributed by atoms with van der Waals surface area (Å²) in [6.07, 6.45) is 4.01. The molecule has 0 unspecified atom stereocenters. The normalized spacial score (nSPS) is 18.4. The molecular weight excluding hydrogens is 344 g/mol. The molecule has 1 saturated carbocycles. The van der Waals surface area contributed by atoms with Crippen molar-refractivity contribution in [2.45, 2.75) is 29.1 Å². The number of morpholine rings is 1. The predicted molar refractivity (Wildman–Crippen MR) is 92.9 cm³/mol. The maximum absolute atomic E-state index is 5.46. The van der Waals surface area contributed by atoms with Gasteiger partial charge in [0.25, 0.3) is 0 Å². The molecule has 3 aromatic rings. The lowest BCUT2D eigenvalue weighted by atomic mass is 10.4. The SMILES string of the molecule is c1nc(Sc2nnc(N3CCOCC3)n2C2CC2)c2sccc2n1. The second kappa shape index (κ2) is 5.98. The lowest BCUT2D eigenvalue weighted by Crippen LogP contribution is -2.38. The molecule has 1 saturated heterocycles. The van der Waals surface area contributed by atoms with Gasteiger partial charge >= 0.3 is 0 Å². The van der Waals surface area contributed by atoms with Crippen LogP contribution in [0.2, 0.25) is 0 Å². The molecule has 1 aliphatic carbocycles. The summed E-state index contributed by atoms with van der Waals surface area (Å²) < 4.78 is 8.86. The fourth-order valence-corrected chi connectivity index (χ4v) is 4.77. The highest BCUT2D eigenvalue weighted by Gasteiger charge is 2.32. The molecule has 9 heteroatoms. The van der Waals surface area contributed by atoms with E-state index >= 15 is 0 Å². The fourth-order valence-electron chi connectivity index (χ4n) is 2.90. The Kier molecular flexibility index (Phi) is 3.64. The van der Waals surface area contributed by atoms with Gasteiger partial charge in [0.05, 0.1) is 23.4 Å². The summed E-state index contributed by atoms with van der Waals surface area (Å²) in [5.41, 5.74) is 0.989. The minimum atomic E-state index is 0.515. The molecular formula is C15H16N6OS2. The fraction of sp³-hybridized carbons (Fsp3) is 0.467. The van der Waals surface area contributed by atoms with Crippen LogP contribution in [0.5, 0.6) is 0 Å². The molecule has 3 aromatic heterocycles. The molecule has 1 aliphatic heterocycles. The van der Waals surface area contributed by atoms with E-state index < -0.39 is 0 Å². The van der Waals surface area contributed by atoms with Crippen molar-refractivity contribution in [1.82, 2.24) is 24.7 Å². The maximum Gasteiger partial charge on any atom is 0.228 e. The van der Waals surface area contributed by atoms with Crippen molar-refractivity contribution in [2.75, 3.05) is 31.2 Å². The number of hydrogen-bond acceptors (Lipinski definition) is 8. The van der Waals surface area contributed by atoms with Gasteiger partial charge in [0.1, 0.15) is 11.4 Å². The smallest absolute Gasteiger partial charge is 0.228 e. The van der Waals surface area contributed by atoms with Crippen molar-refractivity contribution in [1.29, 1.82) is 0 Å². The highest BCUT2D eigenvalue weighted by Crippen LogP contribution is 2.43. The molecule has 24 heavy (non-hydrogen) atoms. The summed E-state index contributed by atoms with van der Waals surface area (Å²) in [6.45, 7) is 3.25. The number of fused-ring (bicyclic) bond motifs is 1. The standard InChI is InChI=1S/C15H16N6OS2/c1-2-10(1)21-14(20-4-6-22-7-5-20)18-19-15(21)24-13-12-11(3-8-23-12)16-9-17-13/h3,8-10H,1-2,4-7H2. The molecule has 0 N–H and O–H groups in total. The number of nitrogens with zero attached hydrogens (tertiary/aromatic N) is 6. The second-order valence-electron chi connectivity index (χ2n) is 5.90. The molecule has 0 atom stereocenters. The highest BCUT2D eigenvalue weighted by atomic mass is 32.2. The van der Waals surface area contributed by atoms with Crippen LogP contribution in [-0.2, 0) is 4.74 Å². The molecule has 4 heterocycles. The van der Waals surface area contributed by atoms with Crippen LogP contribution in [0, 0.1) is 0 Å². The van der Waals surface area contributed by atoms with E-state index in [-0.39, 0.29) is 0 Å². The first-order chi connectivity index (χ1) is 11.9. The zero-order valence-corrected chi connectivity index (χ0v) is 14.6. The number of thiophene rings is 1. The molecule has 2 fully saturated rings. The number of hydrogen-bond donors (Lipinski definition) is 0. The highest BCUT2D eigenvalue weighted by molar-refractivity contribution is 7.99. The second-order valence-corrected chi connectivity index (χ2v) is 7.77. The Balaban J connectivity index is 1.51. The van der Waals surface area contributed by atoms with Crippen molar-refractivity contribution in [3.8, 4) is 0 Å². The third-order valence-corrected chi connectivity index (χ3v) is 6.25. The maximum atomic E-state index is 5.46. The van der Waals surface area contributed by atoms with Gasteiger partial charge in [0, 0.05) is 19.1 Å². The molecule has 0 radical (unpaired) electrons. The van der Waals surface area contributed by atoms with E-state index in [2.05, 4.69) is 29.6 Å². The molecule has 7 nitrogen and oxygen atoms in total. The molecule has 0 amide bonds. The molecule has 2 aliphatic rings. The number of ether oxygens (including phenoxy) is 1. The molecule has 0 aromatic carbocycles. The lowest BCUT2D eigenvalue weighted by Gasteiger charge is -2.27. The zero-order chi connectivity index (χ0) is 15.9. The first-order valence-electron chi connectivity index (χ1n) is 8.04. The van der Waals surface area contributed by atoms with Gasteiger partial charge in [0.2, 0.25) is 5.95 Å². The quantitative estimate of drug-likeness (QED) is 0.662. The number of aromatic nitrogens is 5. The van der Waals surface area contributed by atoms with Crippen molar-refractivity contribution in [3.05, 3.63) is 17.8 Å². The number of rotatable bonds is 4. The van der Waals surface area contributed by atoms with Gasteiger partial charge in [-0.2, -0.15) is 0 Å². The van der Waals surface area contributed by atoms with E-state index in [1.54, 1.807) is 29.4 Å². The number of anilines is 1. The summed E-state index contributed by atoms with van der Waals surface area (Å²) >= 11 is 3.26. The van der Waals surface area contributed by atoms with E-state index in [1.807, 2.05) is 11.4 Å². The van der Waals surface area contributed by atoms with Gasteiger partial charge in [-0.25, -0.2) is 9.97 Å². The average molecular weight is 360 g/mol. The van der Waals surface area contributed by atoms with Crippen LogP contribution in [0.3, 0.4) is 0 Å². The molecule has 5 rings (SSSR count). The summed E-state index contributed by atoms with van der Waals surface area (Å²) in [7, 11) is 0. The minimum Gasteiger partial charge on any atom is -0.378 e. The van der Waals surface area contributed by atoms with E-state index in [1.165, 1.54) is 12.8 Å². The van der Waals surface area contributed by atoms with E-state index in [4.69, 9.17) is 4.74 Å². The van der Waals surface area contributed by atoms with Crippen LogP contribution in [0.15, 0.2) is 28.0 Å². The van der Waals surface area contributed by atoms with Crippen LogP contribution in [-0.4, -0.2) is 51.0 Å². The van der Waals surface area contributed by atoms with Crippen molar-refractivity contribution >= 4 is 39.3 Å². The third kappa shape index (κ3) is 2.56. The van der Waals surface area contributed by atoms with Gasteiger partial charge in [-0.3, -0.25) is 4.57 Å². The molecule has 124 valence electrons. The van der Waals surface area contributed by atoms with Crippen LogP contribution in [0.1, 0.15) is 18.9 Å². The lowest BCUT2D eigenvalue weighted by molar-refractivity contribution is 0.121. The third-order valence-electron chi connectivity index (χ3n) is 4.25. The first-order valence-corrected chi connectivity index (χ1v) is 9.73. The summed E-state index contributed by atoms with van der Waals surface area (Å²) in [6, 6.07) is 2.54. The Morgan fingerprint density at radius 2 is 2.04 bits per heavy atom.